The van der Waals surface area contributed by atoms with Crippen LogP contribution in [0.2, 0.25) is 0 Å². The van der Waals surface area contributed by atoms with E-state index >= 15 is 0 Å². The summed E-state index contributed by atoms with van der Waals surface area (Å²) in [4.78, 5) is 27.9. The zero-order valence-corrected chi connectivity index (χ0v) is 11.3. The van der Waals surface area contributed by atoms with E-state index in [2.05, 4.69) is 4.90 Å². The Balaban J connectivity index is 2.35. The molecule has 0 unspecified atom stereocenters. The number of carbonyl (C=O) groups excluding carboxylic acids is 1. The number of rotatable bonds is 6. The summed E-state index contributed by atoms with van der Waals surface area (Å²) in [5.41, 5.74) is 0. The van der Waals surface area contributed by atoms with Crippen LogP contribution in [0.1, 0.15) is 19.8 Å². The van der Waals surface area contributed by atoms with Crippen LogP contribution in [0.25, 0.3) is 0 Å². The number of amides is 2. The van der Waals surface area contributed by atoms with E-state index in [0.717, 1.165) is 19.6 Å². The Morgan fingerprint density at radius 1 is 1.28 bits per heavy atom. The third kappa shape index (κ3) is 4.52. The third-order valence-electron chi connectivity index (χ3n) is 3.26. The van der Waals surface area contributed by atoms with Gasteiger partial charge in [0, 0.05) is 26.7 Å². The second-order valence-electron chi connectivity index (χ2n) is 4.66. The first-order chi connectivity index (χ1) is 8.54. The van der Waals surface area contributed by atoms with Crippen LogP contribution in [0.15, 0.2) is 0 Å². The molecule has 104 valence electrons. The fourth-order valence-electron chi connectivity index (χ4n) is 2.11. The average molecular weight is 257 g/mol. The van der Waals surface area contributed by atoms with Crippen LogP contribution in [0.4, 0.5) is 4.79 Å². The zero-order chi connectivity index (χ0) is 13.5. The van der Waals surface area contributed by atoms with Crippen molar-refractivity contribution in [3.63, 3.8) is 0 Å². The Hall–Kier alpha value is -1.30. The van der Waals surface area contributed by atoms with Crippen molar-refractivity contribution >= 4 is 12.0 Å². The molecule has 1 aliphatic heterocycles. The molecule has 6 nitrogen and oxygen atoms in total. The highest BCUT2D eigenvalue weighted by Gasteiger charge is 2.20. The molecule has 1 aliphatic rings. The van der Waals surface area contributed by atoms with Crippen LogP contribution in [0, 0.1) is 0 Å². The highest BCUT2D eigenvalue weighted by Crippen LogP contribution is 2.07. The fraction of sp³-hybridized carbons (Fsp3) is 0.833. The summed E-state index contributed by atoms with van der Waals surface area (Å²) in [5, 5.41) is 8.73. The van der Waals surface area contributed by atoms with Gasteiger partial charge in [-0.1, -0.05) is 0 Å². The molecule has 0 aromatic carbocycles. The number of carbonyl (C=O) groups is 2. The number of carboxylic acid groups (broad SMARTS) is 1. The summed E-state index contributed by atoms with van der Waals surface area (Å²) >= 11 is 0. The minimum Gasteiger partial charge on any atom is -0.480 e. The number of aliphatic carboxylic acids is 1. The molecule has 0 atom stereocenters. The Morgan fingerprint density at radius 2 is 1.89 bits per heavy atom. The molecule has 18 heavy (non-hydrogen) atoms. The molecule has 1 heterocycles. The van der Waals surface area contributed by atoms with E-state index < -0.39 is 5.97 Å². The molecule has 0 radical (unpaired) electrons. The summed E-state index contributed by atoms with van der Waals surface area (Å²) in [5.74, 6) is -0.974. The summed E-state index contributed by atoms with van der Waals surface area (Å²) < 4.78 is 0. The van der Waals surface area contributed by atoms with E-state index in [1.165, 1.54) is 17.7 Å². The number of urea groups is 1. The molecule has 0 aliphatic carbocycles. The van der Waals surface area contributed by atoms with E-state index in [-0.39, 0.29) is 12.6 Å². The SMILES string of the molecule is CCN(CC(=O)O)C(=O)N(C)CCN1CCCC1. The molecule has 2 amide bonds. The van der Waals surface area contributed by atoms with Gasteiger partial charge in [-0.15, -0.1) is 0 Å². The van der Waals surface area contributed by atoms with Crippen molar-refractivity contribution in [3.05, 3.63) is 0 Å². The van der Waals surface area contributed by atoms with Gasteiger partial charge in [0.2, 0.25) is 0 Å². The molecule has 1 rings (SSSR count). The summed E-state index contributed by atoms with van der Waals surface area (Å²) in [6, 6.07) is -0.209. The minimum absolute atomic E-state index is 0.209. The molecule has 1 N–H and O–H groups in total. The van der Waals surface area contributed by atoms with Crippen molar-refractivity contribution in [2.24, 2.45) is 0 Å². The van der Waals surface area contributed by atoms with Gasteiger partial charge in [0.25, 0.3) is 0 Å². The summed E-state index contributed by atoms with van der Waals surface area (Å²) in [7, 11) is 1.73. The Kier molecular flexibility index (Phi) is 5.91. The molecule has 0 bridgehead atoms. The molecule has 0 spiro atoms. The molecular formula is C12H23N3O3. The number of hydrogen-bond donors (Lipinski definition) is 1. The van der Waals surface area contributed by atoms with E-state index in [9.17, 15) is 9.59 Å². The molecule has 1 fully saturated rings. The van der Waals surface area contributed by atoms with Gasteiger partial charge in [0.15, 0.2) is 0 Å². The summed E-state index contributed by atoms with van der Waals surface area (Å²) in [6.45, 7) is 5.70. The zero-order valence-electron chi connectivity index (χ0n) is 11.3. The Labute approximate surface area is 108 Å². The lowest BCUT2D eigenvalue weighted by Gasteiger charge is -2.27. The van der Waals surface area contributed by atoms with Crippen molar-refractivity contribution in [3.8, 4) is 0 Å². The fourth-order valence-corrected chi connectivity index (χ4v) is 2.11. The molecule has 1 saturated heterocycles. The maximum atomic E-state index is 12.0. The largest absolute Gasteiger partial charge is 0.480 e. The van der Waals surface area contributed by atoms with Crippen LogP contribution in [-0.4, -0.2) is 78.1 Å². The van der Waals surface area contributed by atoms with Gasteiger partial charge >= 0.3 is 12.0 Å². The average Bonchev–Trinajstić information content (AvgIpc) is 2.84. The standard InChI is InChI=1S/C12H23N3O3/c1-3-15(10-11(16)17)12(18)13(2)8-9-14-6-4-5-7-14/h3-10H2,1-2H3,(H,16,17). The quantitative estimate of drug-likeness (QED) is 0.754. The van der Waals surface area contributed by atoms with Crippen LogP contribution in [0.5, 0.6) is 0 Å². The maximum Gasteiger partial charge on any atom is 0.323 e. The first-order valence-electron chi connectivity index (χ1n) is 6.48. The van der Waals surface area contributed by atoms with Crippen molar-refractivity contribution in [2.45, 2.75) is 19.8 Å². The highest BCUT2D eigenvalue weighted by atomic mass is 16.4. The predicted octanol–water partition coefficient (Wildman–Crippen LogP) is 0.541. The first kappa shape index (κ1) is 14.8. The second-order valence-corrected chi connectivity index (χ2v) is 4.66. The van der Waals surface area contributed by atoms with Gasteiger partial charge in [-0.2, -0.15) is 0 Å². The Bertz CT molecular complexity index is 290. The lowest BCUT2D eigenvalue weighted by molar-refractivity contribution is -0.137. The third-order valence-corrected chi connectivity index (χ3v) is 3.26. The van der Waals surface area contributed by atoms with Gasteiger partial charge in [-0.05, 0) is 32.9 Å². The first-order valence-corrected chi connectivity index (χ1v) is 6.48. The maximum absolute atomic E-state index is 12.0. The Morgan fingerprint density at radius 3 is 2.39 bits per heavy atom. The minimum atomic E-state index is -0.974. The van der Waals surface area contributed by atoms with Crippen molar-refractivity contribution in [2.75, 3.05) is 46.3 Å². The highest BCUT2D eigenvalue weighted by molar-refractivity contribution is 5.79. The monoisotopic (exact) mass is 257 g/mol. The van der Waals surface area contributed by atoms with Gasteiger partial charge in [0.05, 0.1) is 0 Å². The topological polar surface area (TPSA) is 64.1 Å². The van der Waals surface area contributed by atoms with Crippen LogP contribution in [0.3, 0.4) is 0 Å². The normalized spacial score (nSPS) is 15.7. The number of likely N-dealkylation sites (tertiary alicyclic amines) is 1. The van der Waals surface area contributed by atoms with Crippen molar-refractivity contribution in [1.82, 2.24) is 14.7 Å². The lowest BCUT2D eigenvalue weighted by Crippen LogP contribution is -2.45. The van der Waals surface area contributed by atoms with E-state index in [1.54, 1.807) is 18.9 Å². The molecular weight excluding hydrogens is 234 g/mol. The molecule has 0 aromatic rings. The van der Waals surface area contributed by atoms with Gasteiger partial charge in [0.1, 0.15) is 6.54 Å². The number of hydrogen-bond acceptors (Lipinski definition) is 3. The molecule has 6 heteroatoms. The molecule has 0 saturated carbocycles. The van der Waals surface area contributed by atoms with Crippen molar-refractivity contribution < 1.29 is 14.7 Å². The smallest absolute Gasteiger partial charge is 0.323 e. The second kappa shape index (κ2) is 7.20. The number of nitrogens with zero attached hydrogens (tertiary/aromatic N) is 3. The van der Waals surface area contributed by atoms with Gasteiger partial charge in [-0.25, -0.2) is 4.79 Å². The van der Waals surface area contributed by atoms with E-state index in [4.69, 9.17) is 5.11 Å². The summed E-state index contributed by atoms with van der Waals surface area (Å²) in [6.07, 6.45) is 2.47. The predicted molar refractivity (Wildman–Crippen MR) is 68.6 cm³/mol. The van der Waals surface area contributed by atoms with Gasteiger partial charge < -0.3 is 19.8 Å². The van der Waals surface area contributed by atoms with Crippen molar-refractivity contribution in [1.29, 1.82) is 0 Å². The van der Waals surface area contributed by atoms with Crippen LogP contribution in [-0.2, 0) is 4.79 Å². The molecule has 0 aromatic heterocycles. The number of carboxylic acids is 1. The van der Waals surface area contributed by atoms with E-state index in [0.29, 0.717) is 13.1 Å². The van der Waals surface area contributed by atoms with E-state index in [1.807, 2.05) is 0 Å². The lowest BCUT2D eigenvalue weighted by atomic mass is 10.4. The number of likely N-dealkylation sites (N-methyl/N-ethyl adjacent to an activating group) is 2. The van der Waals surface area contributed by atoms with Crippen LogP contribution >= 0.6 is 0 Å². The van der Waals surface area contributed by atoms with Gasteiger partial charge in [-0.3, -0.25) is 4.79 Å². The van der Waals surface area contributed by atoms with Crippen LogP contribution < -0.4 is 0 Å².